The quantitative estimate of drug-likeness (QED) is 0.654. The summed E-state index contributed by atoms with van der Waals surface area (Å²) in [6.07, 6.45) is 7.36. The maximum absolute atomic E-state index is 12.2. The van der Waals surface area contributed by atoms with E-state index in [4.69, 9.17) is 4.74 Å². The van der Waals surface area contributed by atoms with Crippen LogP contribution in [0.3, 0.4) is 0 Å². The molecule has 0 heterocycles. The fourth-order valence-corrected chi connectivity index (χ4v) is 3.07. The van der Waals surface area contributed by atoms with Gasteiger partial charge in [-0.15, -0.1) is 0 Å². The fourth-order valence-electron chi connectivity index (χ4n) is 3.07. The molecule has 0 aromatic rings. The first kappa shape index (κ1) is 12.1. The van der Waals surface area contributed by atoms with E-state index in [1.165, 1.54) is 7.11 Å². The Balaban J connectivity index is 2.61. The predicted octanol–water partition coefficient (Wildman–Crippen LogP) is 2.42. The lowest BCUT2D eigenvalue weighted by atomic mass is 9.54. The molecule has 3 nitrogen and oxygen atoms in total. The minimum atomic E-state index is -0.648. The van der Waals surface area contributed by atoms with E-state index in [0.717, 1.165) is 12.0 Å². The summed E-state index contributed by atoms with van der Waals surface area (Å²) in [5.41, 5.74) is -0.0388. The predicted molar refractivity (Wildman–Crippen MR) is 64.3 cm³/mol. The molecule has 0 spiro atoms. The maximum Gasteiger partial charge on any atom is 0.316 e. The average molecular weight is 234 g/mol. The summed E-state index contributed by atoms with van der Waals surface area (Å²) in [7, 11) is 1.42. The molecule has 0 fully saturated rings. The lowest BCUT2D eigenvalue weighted by Gasteiger charge is -2.48. The lowest BCUT2D eigenvalue weighted by molar-refractivity contribution is -0.158. The van der Waals surface area contributed by atoms with Gasteiger partial charge in [0, 0.05) is 6.42 Å². The van der Waals surface area contributed by atoms with E-state index < -0.39 is 5.41 Å². The van der Waals surface area contributed by atoms with Crippen molar-refractivity contribution < 1.29 is 14.3 Å². The molecule has 0 N–H and O–H groups in total. The highest BCUT2D eigenvalue weighted by molar-refractivity contribution is 5.96. The topological polar surface area (TPSA) is 43.4 Å². The van der Waals surface area contributed by atoms with Gasteiger partial charge in [0.1, 0.15) is 0 Å². The van der Waals surface area contributed by atoms with Crippen molar-refractivity contribution in [3.63, 3.8) is 0 Å². The molecule has 0 radical (unpaired) electrons. The van der Waals surface area contributed by atoms with Crippen molar-refractivity contribution >= 4 is 11.8 Å². The van der Waals surface area contributed by atoms with Gasteiger partial charge >= 0.3 is 5.97 Å². The smallest absolute Gasteiger partial charge is 0.316 e. The Morgan fingerprint density at radius 3 is 2.76 bits per heavy atom. The molecule has 92 valence electrons. The molecule has 1 atom stereocenters. The zero-order valence-corrected chi connectivity index (χ0v) is 10.6. The Kier molecular flexibility index (Phi) is 2.72. The van der Waals surface area contributed by atoms with Gasteiger partial charge in [-0.1, -0.05) is 26.0 Å². The first-order chi connectivity index (χ1) is 7.94. The minimum absolute atomic E-state index is 0.0990. The van der Waals surface area contributed by atoms with Crippen molar-refractivity contribution in [2.75, 3.05) is 7.11 Å². The van der Waals surface area contributed by atoms with Crippen molar-refractivity contribution in [1.82, 2.24) is 0 Å². The molecule has 0 aliphatic heterocycles. The third kappa shape index (κ3) is 1.56. The second-order valence-electron chi connectivity index (χ2n) is 5.45. The summed E-state index contributed by atoms with van der Waals surface area (Å²) >= 11 is 0. The normalized spacial score (nSPS) is 30.5. The van der Waals surface area contributed by atoms with Gasteiger partial charge in [-0.05, 0) is 29.9 Å². The van der Waals surface area contributed by atoms with Gasteiger partial charge in [0.05, 0.1) is 12.5 Å². The van der Waals surface area contributed by atoms with Gasteiger partial charge < -0.3 is 4.74 Å². The van der Waals surface area contributed by atoms with E-state index in [1.54, 1.807) is 6.08 Å². The van der Waals surface area contributed by atoms with Crippen molar-refractivity contribution in [2.45, 2.75) is 33.1 Å². The van der Waals surface area contributed by atoms with Gasteiger partial charge in [-0.3, -0.25) is 9.59 Å². The van der Waals surface area contributed by atoms with Crippen molar-refractivity contribution in [3.8, 4) is 0 Å². The number of carbonyl (C=O) groups is 2. The number of ether oxygens (including phenoxy) is 1. The highest BCUT2D eigenvalue weighted by Gasteiger charge is 2.55. The summed E-state index contributed by atoms with van der Waals surface area (Å²) in [4.78, 5) is 23.8. The minimum Gasteiger partial charge on any atom is -0.468 e. The molecular formula is C14H18O3. The van der Waals surface area contributed by atoms with Gasteiger partial charge in [-0.25, -0.2) is 0 Å². The van der Waals surface area contributed by atoms with Gasteiger partial charge in [0.25, 0.3) is 0 Å². The third-order valence-electron chi connectivity index (χ3n) is 4.17. The van der Waals surface area contributed by atoms with E-state index in [1.807, 2.05) is 12.2 Å². The van der Waals surface area contributed by atoms with E-state index >= 15 is 0 Å². The van der Waals surface area contributed by atoms with Crippen LogP contribution >= 0.6 is 0 Å². The Bertz CT molecular complexity index is 429. The number of methoxy groups -OCH3 is 1. The monoisotopic (exact) mass is 234 g/mol. The molecule has 0 aromatic carbocycles. The van der Waals surface area contributed by atoms with Crippen molar-refractivity contribution in [2.24, 2.45) is 10.8 Å². The molecule has 2 aliphatic carbocycles. The first-order valence-corrected chi connectivity index (χ1v) is 5.94. The average Bonchev–Trinajstić information content (AvgIpc) is 2.27. The summed E-state index contributed by atoms with van der Waals surface area (Å²) in [5.74, 6) is -0.118. The summed E-state index contributed by atoms with van der Waals surface area (Å²) < 4.78 is 5.00. The van der Waals surface area contributed by atoms with Crippen LogP contribution in [0.5, 0.6) is 0 Å². The molecule has 2 aliphatic rings. The summed E-state index contributed by atoms with van der Waals surface area (Å²) in [5, 5.41) is 0. The number of rotatable bonds is 1. The van der Waals surface area contributed by atoms with Gasteiger partial charge in [0.2, 0.25) is 0 Å². The molecule has 17 heavy (non-hydrogen) atoms. The van der Waals surface area contributed by atoms with Crippen LogP contribution in [0.2, 0.25) is 0 Å². The van der Waals surface area contributed by atoms with Crippen LogP contribution in [0.25, 0.3) is 0 Å². The molecular weight excluding hydrogens is 216 g/mol. The van der Waals surface area contributed by atoms with E-state index in [0.29, 0.717) is 12.8 Å². The zero-order valence-electron chi connectivity index (χ0n) is 10.6. The maximum atomic E-state index is 12.2. The van der Waals surface area contributed by atoms with Crippen molar-refractivity contribution in [3.05, 3.63) is 23.8 Å². The Labute approximate surface area is 102 Å². The van der Waals surface area contributed by atoms with Gasteiger partial charge in [-0.2, -0.15) is 0 Å². The standard InChI is InChI=1S/C14H18O3/c1-13(2)7-4-5-10-9-11(15)6-8-14(10,13)12(16)17-3/h4-5,9H,6-8H2,1-3H3/t14-/m1/s1. The van der Waals surface area contributed by atoms with Crippen LogP contribution in [0.4, 0.5) is 0 Å². The number of carbonyl (C=O) groups excluding carboxylic acids is 2. The molecule has 0 bridgehead atoms. The zero-order chi connectivity index (χ0) is 12.7. The van der Waals surface area contributed by atoms with Crippen LogP contribution in [-0.4, -0.2) is 18.9 Å². The number of allylic oxidation sites excluding steroid dienone is 3. The van der Waals surface area contributed by atoms with Crippen LogP contribution < -0.4 is 0 Å². The highest BCUT2D eigenvalue weighted by atomic mass is 16.5. The van der Waals surface area contributed by atoms with E-state index in [-0.39, 0.29) is 17.2 Å². The number of hydrogen-bond donors (Lipinski definition) is 0. The molecule has 0 aromatic heterocycles. The largest absolute Gasteiger partial charge is 0.468 e. The lowest BCUT2D eigenvalue weighted by Crippen LogP contribution is -2.49. The Morgan fingerprint density at radius 2 is 2.12 bits per heavy atom. The third-order valence-corrected chi connectivity index (χ3v) is 4.17. The number of esters is 1. The molecule has 0 saturated heterocycles. The second-order valence-corrected chi connectivity index (χ2v) is 5.45. The fraction of sp³-hybridized carbons (Fsp3) is 0.571. The number of hydrogen-bond acceptors (Lipinski definition) is 3. The molecule has 0 unspecified atom stereocenters. The van der Waals surface area contributed by atoms with Crippen LogP contribution in [0, 0.1) is 10.8 Å². The van der Waals surface area contributed by atoms with Crippen LogP contribution in [0.15, 0.2) is 23.8 Å². The molecule has 2 rings (SSSR count). The van der Waals surface area contributed by atoms with Crippen LogP contribution in [0.1, 0.15) is 33.1 Å². The van der Waals surface area contributed by atoms with E-state index in [9.17, 15) is 9.59 Å². The van der Waals surface area contributed by atoms with Gasteiger partial charge in [0.15, 0.2) is 5.78 Å². The number of fused-ring (bicyclic) bond motifs is 1. The molecule has 0 amide bonds. The van der Waals surface area contributed by atoms with E-state index in [2.05, 4.69) is 13.8 Å². The molecule has 0 saturated carbocycles. The van der Waals surface area contributed by atoms with Crippen molar-refractivity contribution in [1.29, 1.82) is 0 Å². The second kappa shape index (κ2) is 3.83. The first-order valence-electron chi connectivity index (χ1n) is 5.94. The Hall–Kier alpha value is -1.38. The SMILES string of the molecule is COC(=O)[C@@]12CCC(=O)C=C1C=CCC2(C)C. The molecule has 3 heteroatoms. The summed E-state index contributed by atoms with van der Waals surface area (Å²) in [6.45, 7) is 4.13. The Morgan fingerprint density at radius 1 is 1.41 bits per heavy atom. The highest BCUT2D eigenvalue weighted by Crippen LogP contribution is 2.55. The number of ketones is 1. The summed E-state index contributed by atoms with van der Waals surface area (Å²) in [6, 6.07) is 0. The van der Waals surface area contributed by atoms with Crippen LogP contribution in [-0.2, 0) is 14.3 Å².